The smallest absolute Gasteiger partial charge is 0.371 e. The summed E-state index contributed by atoms with van der Waals surface area (Å²) < 4.78 is 5.05. The number of rotatable bonds is 4. The molecule has 0 aliphatic rings. The number of H-pyrrole nitrogens is 1. The molecule has 0 saturated carbocycles. The van der Waals surface area contributed by atoms with Gasteiger partial charge in [0.2, 0.25) is 5.76 Å². The zero-order valence-electron chi connectivity index (χ0n) is 10.7. The van der Waals surface area contributed by atoms with Crippen molar-refractivity contribution in [3.05, 3.63) is 47.4 Å². The van der Waals surface area contributed by atoms with Crippen molar-refractivity contribution < 1.29 is 19.1 Å². The Morgan fingerprint density at radius 1 is 1.19 bits per heavy atom. The third kappa shape index (κ3) is 2.59. The molecule has 0 fully saturated rings. The van der Waals surface area contributed by atoms with E-state index in [0.717, 1.165) is 0 Å². The number of amides is 1. The molecule has 3 rings (SSSR count). The highest BCUT2D eigenvalue weighted by molar-refractivity contribution is 5.97. The third-order valence-electron chi connectivity index (χ3n) is 2.87. The number of carbonyl (C=O) groups is 2. The lowest BCUT2D eigenvalue weighted by atomic mass is 10.2. The first kappa shape index (κ1) is 12.9. The number of aromatic carboxylic acids is 1. The Kier molecular flexibility index (Phi) is 3.11. The summed E-state index contributed by atoms with van der Waals surface area (Å²) in [5.74, 6) is -1.26. The third-order valence-corrected chi connectivity index (χ3v) is 2.87. The minimum Gasteiger partial charge on any atom is -0.475 e. The standard InChI is InChI=1S/C13H10N4O4/c18-12(7-1-3-9-10(5-7)16-17-15-9)14-6-8-2-4-11(21-8)13(19)20/h1-5H,6H2,(H,14,18)(H,19,20)(H,15,16,17). The molecular formula is C13H10N4O4. The van der Waals surface area contributed by atoms with Crippen molar-refractivity contribution in [1.29, 1.82) is 0 Å². The zero-order chi connectivity index (χ0) is 14.8. The largest absolute Gasteiger partial charge is 0.475 e. The number of nitrogens with zero attached hydrogens (tertiary/aromatic N) is 2. The van der Waals surface area contributed by atoms with Crippen molar-refractivity contribution in [2.75, 3.05) is 0 Å². The molecule has 2 aromatic heterocycles. The van der Waals surface area contributed by atoms with E-state index in [2.05, 4.69) is 20.7 Å². The maximum Gasteiger partial charge on any atom is 0.371 e. The van der Waals surface area contributed by atoms with Gasteiger partial charge in [-0.05, 0) is 30.3 Å². The summed E-state index contributed by atoms with van der Waals surface area (Å²) in [6, 6.07) is 7.77. The van der Waals surface area contributed by atoms with E-state index in [4.69, 9.17) is 9.52 Å². The van der Waals surface area contributed by atoms with Gasteiger partial charge in [0.1, 0.15) is 16.8 Å². The Labute approximate surface area is 117 Å². The van der Waals surface area contributed by atoms with E-state index in [0.29, 0.717) is 22.4 Å². The van der Waals surface area contributed by atoms with E-state index in [1.807, 2.05) is 0 Å². The van der Waals surface area contributed by atoms with Gasteiger partial charge < -0.3 is 14.8 Å². The summed E-state index contributed by atoms with van der Waals surface area (Å²) in [5, 5.41) is 21.6. The fourth-order valence-electron chi connectivity index (χ4n) is 1.84. The first-order valence-electron chi connectivity index (χ1n) is 6.04. The van der Waals surface area contributed by atoms with E-state index in [1.54, 1.807) is 18.2 Å². The van der Waals surface area contributed by atoms with Crippen LogP contribution >= 0.6 is 0 Å². The van der Waals surface area contributed by atoms with Gasteiger partial charge in [0.15, 0.2) is 0 Å². The molecule has 0 unspecified atom stereocenters. The maximum absolute atomic E-state index is 12.0. The van der Waals surface area contributed by atoms with E-state index in [9.17, 15) is 9.59 Å². The van der Waals surface area contributed by atoms with Gasteiger partial charge in [0.25, 0.3) is 5.91 Å². The average Bonchev–Trinajstić information content (AvgIpc) is 3.12. The number of furan rings is 1. The van der Waals surface area contributed by atoms with Crippen molar-refractivity contribution in [3.63, 3.8) is 0 Å². The summed E-state index contributed by atoms with van der Waals surface area (Å²) in [6.45, 7) is 0.100. The predicted molar refractivity (Wildman–Crippen MR) is 70.7 cm³/mol. The number of fused-ring (bicyclic) bond motifs is 1. The summed E-state index contributed by atoms with van der Waals surface area (Å²) >= 11 is 0. The second-order valence-electron chi connectivity index (χ2n) is 4.28. The van der Waals surface area contributed by atoms with Crippen LogP contribution in [0.4, 0.5) is 0 Å². The minimum absolute atomic E-state index is 0.100. The van der Waals surface area contributed by atoms with Crippen LogP contribution in [-0.4, -0.2) is 32.4 Å². The Hall–Kier alpha value is -3.16. The topological polar surface area (TPSA) is 121 Å². The normalized spacial score (nSPS) is 10.7. The molecule has 0 spiro atoms. The first-order chi connectivity index (χ1) is 10.1. The number of hydrogen-bond donors (Lipinski definition) is 3. The molecule has 0 aliphatic heterocycles. The Morgan fingerprint density at radius 3 is 2.76 bits per heavy atom. The van der Waals surface area contributed by atoms with Crippen LogP contribution in [-0.2, 0) is 6.54 Å². The molecule has 0 bridgehead atoms. The summed E-state index contributed by atoms with van der Waals surface area (Å²) in [4.78, 5) is 22.7. The van der Waals surface area contributed by atoms with Gasteiger partial charge in [-0.2, -0.15) is 15.4 Å². The molecule has 21 heavy (non-hydrogen) atoms. The molecule has 3 N–H and O–H groups in total. The number of carbonyl (C=O) groups excluding carboxylic acids is 1. The molecule has 0 radical (unpaired) electrons. The van der Waals surface area contributed by atoms with Crippen LogP contribution in [0, 0.1) is 0 Å². The summed E-state index contributed by atoms with van der Waals surface area (Å²) in [5.41, 5.74) is 1.69. The highest BCUT2D eigenvalue weighted by Gasteiger charge is 2.11. The van der Waals surface area contributed by atoms with Gasteiger partial charge in [-0.1, -0.05) is 0 Å². The van der Waals surface area contributed by atoms with Gasteiger partial charge in [-0.3, -0.25) is 4.79 Å². The number of carboxylic acid groups (broad SMARTS) is 1. The Morgan fingerprint density at radius 2 is 2.00 bits per heavy atom. The van der Waals surface area contributed by atoms with Crippen LogP contribution in [0.25, 0.3) is 11.0 Å². The lowest BCUT2D eigenvalue weighted by molar-refractivity contribution is 0.0660. The molecule has 0 atom stereocenters. The number of hydrogen-bond acceptors (Lipinski definition) is 5. The monoisotopic (exact) mass is 286 g/mol. The average molecular weight is 286 g/mol. The molecule has 1 aromatic carbocycles. The van der Waals surface area contributed by atoms with Crippen LogP contribution < -0.4 is 5.32 Å². The molecule has 8 heteroatoms. The van der Waals surface area contributed by atoms with Crippen LogP contribution in [0.2, 0.25) is 0 Å². The summed E-state index contributed by atoms with van der Waals surface area (Å²) in [6.07, 6.45) is 0. The number of aromatic amines is 1. The molecule has 0 aliphatic carbocycles. The Bertz CT molecular complexity index is 820. The predicted octanol–water partition coefficient (Wildman–Crippen LogP) is 1.18. The van der Waals surface area contributed by atoms with Gasteiger partial charge in [-0.15, -0.1) is 0 Å². The van der Waals surface area contributed by atoms with Crippen molar-refractivity contribution in [2.45, 2.75) is 6.54 Å². The molecule has 1 amide bonds. The van der Waals surface area contributed by atoms with Crippen molar-refractivity contribution >= 4 is 22.9 Å². The van der Waals surface area contributed by atoms with Crippen molar-refractivity contribution in [3.8, 4) is 0 Å². The maximum atomic E-state index is 12.0. The van der Waals surface area contributed by atoms with Gasteiger partial charge in [-0.25, -0.2) is 4.79 Å². The van der Waals surface area contributed by atoms with E-state index >= 15 is 0 Å². The van der Waals surface area contributed by atoms with E-state index in [-0.39, 0.29) is 18.2 Å². The lowest BCUT2D eigenvalue weighted by Crippen LogP contribution is -2.22. The van der Waals surface area contributed by atoms with E-state index < -0.39 is 5.97 Å². The van der Waals surface area contributed by atoms with E-state index in [1.165, 1.54) is 12.1 Å². The molecule has 106 valence electrons. The van der Waals surface area contributed by atoms with Gasteiger partial charge in [0.05, 0.1) is 6.54 Å². The minimum atomic E-state index is -1.15. The lowest BCUT2D eigenvalue weighted by Gasteiger charge is -2.03. The molecule has 8 nitrogen and oxygen atoms in total. The second kappa shape index (κ2) is 5.08. The number of benzene rings is 1. The van der Waals surface area contributed by atoms with Crippen LogP contribution in [0.5, 0.6) is 0 Å². The quantitative estimate of drug-likeness (QED) is 0.662. The van der Waals surface area contributed by atoms with Crippen molar-refractivity contribution in [1.82, 2.24) is 20.7 Å². The number of aromatic nitrogens is 3. The van der Waals surface area contributed by atoms with Crippen LogP contribution in [0.3, 0.4) is 0 Å². The fourth-order valence-corrected chi connectivity index (χ4v) is 1.84. The van der Waals surface area contributed by atoms with Crippen LogP contribution in [0.1, 0.15) is 26.7 Å². The molecular weight excluding hydrogens is 276 g/mol. The number of carboxylic acids is 1. The van der Waals surface area contributed by atoms with Gasteiger partial charge in [0, 0.05) is 5.56 Å². The second-order valence-corrected chi connectivity index (χ2v) is 4.28. The SMILES string of the molecule is O=C(NCc1ccc(C(=O)O)o1)c1ccc2n[nH]nc2c1. The number of nitrogens with one attached hydrogen (secondary N) is 2. The zero-order valence-corrected chi connectivity index (χ0v) is 10.7. The molecule has 2 heterocycles. The van der Waals surface area contributed by atoms with Crippen LogP contribution in [0.15, 0.2) is 34.7 Å². The highest BCUT2D eigenvalue weighted by atomic mass is 16.4. The molecule has 0 saturated heterocycles. The fraction of sp³-hybridized carbons (Fsp3) is 0.0769. The Balaban J connectivity index is 1.69. The molecule has 3 aromatic rings. The van der Waals surface area contributed by atoms with Crippen molar-refractivity contribution in [2.24, 2.45) is 0 Å². The first-order valence-corrected chi connectivity index (χ1v) is 6.04. The van der Waals surface area contributed by atoms with Gasteiger partial charge >= 0.3 is 5.97 Å². The highest BCUT2D eigenvalue weighted by Crippen LogP contribution is 2.11. The summed E-state index contributed by atoms with van der Waals surface area (Å²) in [7, 11) is 0.